The normalized spacial score (nSPS) is 19.7. The number of hydrogen-bond donors (Lipinski definition) is 1. The van der Waals surface area contributed by atoms with E-state index in [1.165, 1.54) is 39.8 Å². The van der Waals surface area contributed by atoms with Crippen LogP contribution in [0, 0.1) is 0 Å². The van der Waals surface area contributed by atoms with Crippen LogP contribution in [0.1, 0.15) is 63.1 Å². The topological polar surface area (TPSA) is 118 Å². The number of alkyl halides is 6. The van der Waals surface area contributed by atoms with E-state index >= 15 is 13.2 Å². The van der Waals surface area contributed by atoms with Gasteiger partial charge in [0, 0.05) is 6.42 Å². The molecule has 0 saturated heterocycles. The summed E-state index contributed by atoms with van der Waals surface area (Å²) in [6.07, 6.45) is -11.8. The number of aromatic nitrogens is 3. The Labute approximate surface area is 295 Å². The molecule has 1 unspecified atom stereocenters. The van der Waals surface area contributed by atoms with Crippen molar-refractivity contribution in [3.05, 3.63) is 101 Å². The van der Waals surface area contributed by atoms with Gasteiger partial charge in [-0.05, 0) is 51.3 Å². The van der Waals surface area contributed by atoms with Gasteiger partial charge in [0.15, 0.2) is 5.69 Å². The number of carbonyl (C=O) groups excluding carboxylic acids is 1. The summed E-state index contributed by atoms with van der Waals surface area (Å²) in [6.45, 7) is 5.51. The predicted molar refractivity (Wildman–Crippen MR) is 175 cm³/mol. The van der Waals surface area contributed by atoms with E-state index in [1.807, 2.05) is 0 Å². The molecular weight excluding hydrogens is 698 g/mol. The molecular formula is C36H36F6N4O6. The van der Waals surface area contributed by atoms with Gasteiger partial charge in [0.2, 0.25) is 11.5 Å². The molecule has 10 nitrogen and oxygen atoms in total. The first kappa shape index (κ1) is 38.3. The van der Waals surface area contributed by atoms with Crippen LogP contribution in [0.4, 0.5) is 36.8 Å². The van der Waals surface area contributed by atoms with Crippen molar-refractivity contribution < 1.29 is 54.5 Å². The third kappa shape index (κ3) is 9.28. The fraction of sp³-hybridized carbons (Fsp3) is 0.389. The van der Waals surface area contributed by atoms with Crippen molar-refractivity contribution in [2.24, 2.45) is 0 Å². The number of amides is 1. The van der Waals surface area contributed by atoms with Gasteiger partial charge in [-0.15, -0.1) is 10.2 Å². The quantitative estimate of drug-likeness (QED) is 0.147. The highest BCUT2D eigenvalue weighted by atomic mass is 19.4. The molecule has 1 aliphatic rings. The van der Waals surface area contributed by atoms with Crippen molar-refractivity contribution in [3.8, 4) is 17.5 Å². The summed E-state index contributed by atoms with van der Waals surface area (Å²) < 4.78 is 118. The molecule has 1 N–H and O–H groups in total. The minimum absolute atomic E-state index is 0.0186. The highest BCUT2D eigenvalue weighted by Gasteiger charge is 2.61. The maximum absolute atomic E-state index is 15.3. The molecule has 1 amide bonds. The third-order valence-electron chi connectivity index (χ3n) is 7.76. The lowest BCUT2D eigenvalue weighted by atomic mass is 9.97. The van der Waals surface area contributed by atoms with E-state index in [4.69, 9.17) is 23.4 Å². The fourth-order valence-corrected chi connectivity index (χ4v) is 5.16. The second-order valence-corrected chi connectivity index (χ2v) is 12.9. The zero-order valence-corrected chi connectivity index (χ0v) is 28.5. The van der Waals surface area contributed by atoms with Gasteiger partial charge in [-0.2, -0.15) is 26.3 Å². The van der Waals surface area contributed by atoms with Gasteiger partial charge >= 0.3 is 18.4 Å². The van der Waals surface area contributed by atoms with Crippen LogP contribution in [0.15, 0.2) is 83.3 Å². The minimum Gasteiger partial charge on any atom is -0.471 e. The van der Waals surface area contributed by atoms with Crippen LogP contribution in [0.2, 0.25) is 0 Å². The lowest BCUT2D eigenvalue weighted by Crippen LogP contribution is -2.45. The Balaban J connectivity index is 1.67. The van der Waals surface area contributed by atoms with E-state index in [1.54, 1.807) is 60.7 Å². The Morgan fingerprint density at radius 1 is 0.923 bits per heavy atom. The first-order chi connectivity index (χ1) is 24.4. The predicted octanol–water partition coefficient (Wildman–Crippen LogP) is 9.17. The second-order valence-electron chi connectivity index (χ2n) is 12.9. The summed E-state index contributed by atoms with van der Waals surface area (Å²) in [5, 5.41) is 9.60. The Morgan fingerprint density at radius 3 is 2.15 bits per heavy atom. The van der Waals surface area contributed by atoms with Crippen molar-refractivity contribution in [1.82, 2.24) is 15.2 Å². The number of hydrogen-bond acceptors (Lipinski definition) is 9. The number of pyridine rings is 1. The summed E-state index contributed by atoms with van der Waals surface area (Å²) in [6, 6.07) is 17.5. The SMILES string of the molecule is C[C@H]1Oc2nc(c(NC(=O)OC(C)(C)C)cc2C(F)(F)F)-c2nnc(o2)[C@@](OCc2ccccc2)(C(F)(F)F)CC=CCC1OCc1ccccc1. The van der Waals surface area contributed by atoms with Gasteiger partial charge in [-0.3, -0.25) is 5.32 Å². The van der Waals surface area contributed by atoms with Crippen LogP contribution in [0.25, 0.3) is 11.6 Å². The molecule has 4 bridgehead atoms. The van der Waals surface area contributed by atoms with Crippen LogP contribution >= 0.6 is 0 Å². The number of nitrogens with one attached hydrogen (secondary N) is 1. The number of nitrogens with zero attached hydrogens (tertiary/aromatic N) is 3. The molecule has 0 aliphatic carbocycles. The van der Waals surface area contributed by atoms with Crippen molar-refractivity contribution in [2.75, 3.05) is 5.32 Å². The van der Waals surface area contributed by atoms with E-state index < -0.39 is 89.5 Å². The fourth-order valence-electron chi connectivity index (χ4n) is 5.16. The largest absolute Gasteiger partial charge is 0.471 e. The lowest BCUT2D eigenvalue weighted by Gasteiger charge is -2.32. The Morgan fingerprint density at radius 2 is 1.56 bits per heavy atom. The molecule has 2 aromatic heterocycles. The Hall–Kier alpha value is -4.96. The highest BCUT2D eigenvalue weighted by molar-refractivity contribution is 5.89. The van der Waals surface area contributed by atoms with Gasteiger partial charge in [0.05, 0.1) is 25.0 Å². The van der Waals surface area contributed by atoms with Crippen molar-refractivity contribution in [1.29, 1.82) is 0 Å². The molecule has 2 aromatic carbocycles. The van der Waals surface area contributed by atoms with E-state index in [0.29, 0.717) is 11.6 Å². The van der Waals surface area contributed by atoms with Crippen molar-refractivity contribution in [2.45, 2.75) is 89.5 Å². The molecule has 4 aromatic rings. The Kier molecular flexibility index (Phi) is 11.3. The zero-order chi connectivity index (χ0) is 37.7. The molecule has 3 heterocycles. The molecule has 0 radical (unpaired) electrons. The van der Waals surface area contributed by atoms with Gasteiger partial charge in [-0.25, -0.2) is 9.78 Å². The number of ether oxygens (including phenoxy) is 4. The number of halogens is 6. The van der Waals surface area contributed by atoms with Gasteiger partial charge in [0.1, 0.15) is 17.3 Å². The molecule has 278 valence electrons. The van der Waals surface area contributed by atoms with Crippen molar-refractivity contribution >= 4 is 11.8 Å². The molecule has 3 atom stereocenters. The number of carbonyl (C=O) groups is 1. The number of rotatable bonds is 7. The molecule has 1 aliphatic heterocycles. The summed E-state index contributed by atoms with van der Waals surface area (Å²) >= 11 is 0. The second kappa shape index (κ2) is 15.3. The van der Waals surface area contributed by atoms with Crippen molar-refractivity contribution in [3.63, 3.8) is 0 Å². The molecule has 0 fully saturated rings. The molecule has 5 rings (SSSR count). The summed E-state index contributed by atoms with van der Waals surface area (Å²) in [7, 11) is 0. The molecule has 0 spiro atoms. The van der Waals surface area contributed by atoms with E-state index in [-0.39, 0.29) is 13.0 Å². The number of fused-ring (bicyclic) bond motifs is 5. The summed E-state index contributed by atoms with van der Waals surface area (Å²) in [4.78, 5) is 16.8. The van der Waals surface area contributed by atoms with E-state index in [9.17, 15) is 18.0 Å². The first-order valence-corrected chi connectivity index (χ1v) is 16.1. The highest BCUT2D eigenvalue weighted by Crippen LogP contribution is 2.47. The van der Waals surface area contributed by atoms with Gasteiger partial charge < -0.3 is 23.4 Å². The first-order valence-electron chi connectivity index (χ1n) is 16.1. The molecule has 0 saturated carbocycles. The van der Waals surface area contributed by atoms with Crippen LogP contribution in [0.5, 0.6) is 5.88 Å². The van der Waals surface area contributed by atoms with Crippen LogP contribution in [-0.4, -0.2) is 45.3 Å². The maximum atomic E-state index is 15.3. The molecule has 52 heavy (non-hydrogen) atoms. The van der Waals surface area contributed by atoms with E-state index in [0.717, 1.165) is 5.56 Å². The number of anilines is 1. The third-order valence-corrected chi connectivity index (χ3v) is 7.76. The van der Waals surface area contributed by atoms with Gasteiger partial charge in [0.25, 0.3) is 11.8 Å². The maximum Gasteiger partial charge on any atom is 0.426 e. The molecule has 16 heteroatoms. The average molecular weight is 735 g/mol. The van der Waals surface area contributed by atoms with Gasteiger partial charge in [-0.1, -0.05) is 72.8 Å². The lowest BCUT2D eigenvalue weighted by molar-refractivity contribution is -0.295. The van der Waals surface area contributed by atoms with Crippen LogP contribution in [0.3, 0.4) is 0 Å². The summed E-state index contributed by atoms with van der Waals surface area (Å²) in [5.41, 5.74) is -5.82. The average Bonchev–Trinajstić information content (AvgIpc) is 3.55. The zero-order valence-electron chi connectivity index (χ0n) is 28.5. The monoisotopic (exact) mass is 734 g/mol. The Bertz CT molecular complexity index is 1840. The standard InChI is InChI=1S/C36H36F6N4O6/c1-22-27(48-20-23-13-7-5-8-14-23)17-11-12-18-34(36(40,41)42,49-21-24-15-9-6-10-16-24)31-46-45-30(51-31)28-26(43-32(47)52-33(2,3)4)19-25(35(37,38)39)29(44-28)50-22/h5-16,19,22,27H,17-18,20-21H2,1-4H3,(H,43,47)/t22-,27?,34-/m1/s1. The number of benzene rings is 2. The van der Waals surface area contributed by atoms with Crippen LogP contribution < -0.4 is 10.1 Å². The summed E-state index contributed by atoms with van der Waals surface area (Å²) in [5.74, 6) is -2.78. The van der Waals surface area contributed by atoms with Crippen LogP contribution in [-0.2, 0) is 39.2 Å². The smallest absolute Gasteiger partial charge is 0.426 e. The minimum atomic E-state index is -5.15. The van der Waals surface area contributed by atoms with E-state index in [2.05, 4.69) is 20.5 Å².